The smallest absolute Gasteiger partial charge is 0.191 e. The van der Waals surface area contributed by atoms with Gasteiger partial charge < -0.3 is 20.1 Å². The minimum absolute atomic E-state index is 0.211. The van der Waals surface area contributed by atoms with Gasteiger partial charge in [0, 0.05) is 18.7 Å². The first-order valence-electron chi connectivity index (χ1n) is 8.79. The molecule has 2 N–H and O–H groups in total. The number of rotatable bonds is 5. The summed E-state index contributed by atoms with van der Waals surface area (Å²) in [6.45, 7) is 5.95. The van der Waals surface area contributed by atoms with Crippen LogP contribution in [-0.4, -0.2) is 68.8 Å². The number of guanidine groups is 1. The van der Waals surface area contributed by atoms with Crippen LogP contribution in [0.4, 0.5) is 0 Å². The number of ether oxygens (including phenoxy) is 2. The van der Waals surface area contributed by atoms with E-state index in [9.17, 15) is 0 Å². The number of para-hydroxylation sites is 1. The average molecular weight is 332 g/mol. The highest BCUT2D eigenvalue weighted by Crippen LogP contribution is 2.31. The first-order chi connectivity index (χ1) is 11.8. The van der Waals surface area contributed by atoms with Crippen LogP contribution in [0.5, 0.6) is 5.75 Å². The Bertz CT molecular complexity index is 552. The summed E-state index contributed by atoms with van der Waals surface area (Å²) in [5.74, 6) is 1.55. The maximum atomic E-state index is 6.21. The summed E-state index contributed by atoms with van der Waals surface area (Å²) in [6, 6.07) is 8.45. The highest BCUT2D eigenvalue weighted by atomic mass is 16.5. The van der Waals surface area contributed by atoms with Gasteiger partial charge in [-0.25, -0.2) is 0 Å². The Hall–Kier alpha value is -1.79. The van der Waals surface area contributed by atoms with E-state index in [0.29, 0.717) is 12.5 Å². The zero-order valence-electron chi connectivity index (χ0n) is 14.5. The lowest BCUT2D eigenvalue weighted by Crippen LogP contribution is -2.45. The lowest BCUT2D eigenvalue weighted by molar-refractivity contribution is 0.0673. The summed E-state index contributed by atoms with van der Waals surface area (Å²) in [5, 5.41) is 0. The highest BCUT2D eigenvalue weighted by molar-refractivity contribution is 5.78. The SMILES string of the molecule is COc1ccccc1C(CN=C(N)N1CCOCC1)N1CCCC1. The molecule has 0 aliphatic carbocycles. The quantitative estimate of drug-likeness (QED) is 0.654. The summed E-state index contributed by atoms with van der Waals surface area (Å²) in [4.78, 5) is 9.31. The van der Waals surface area contributed by atoms with Crippen LogP contribution in [-0.2, 0) is 4.74 Å². The van der Waals surface area contributed by atoms with Crippen molar-refractivity contribution in [1.29, 1.82) is 0 Å². The monoisotopic (exact) mass is 332 g/mol. The number of hydrogen-bond donors (Lipinski definition) is 1. The molecule has 3 rings (SSSR count). The molecule has 132 valence electrons. The molecule has 2 saturated heterocycles. The van der Waals surface area contributed by atoms with Gasteiger partial charge in [-0.1, -0.05) is 18.2 Å². The molecule has 0 saturated carbocycles. The van der Waals surface area contributed by atoms with Crippen LogP contribution in [0.15, 0.2) is 29.3 Å². The first kappa shape index (κ1) is 17.0. The number of benzene rings is 1. The van der Waals surface area contributed by atoms with Gasteiger partial charge in [0.15, 0.2) is 5.96 Å². The van der Waals surface area contributed by atoms with E-state index in [-0.39, 0.29) is 6.04 Å². The normalized spacial score (nSPS) is 21.0. The summed E-state index contributed by atoms with van der Waals surface area (Å²) in [6.07, 6.45) is 2.49. The maximum Gasteiger partial charge on any atom is 0.191 e. The molecule has 0 radical (unpaired) electrons. The number of nitrogens with zero attached hydrogens (tertiary/aromatic N) is 3. The molecule has 0 aromatic heterocycles. The molecule has 2 aliphatic heterocycles. The third-order valence-corrected chi connectivity index (χ3v) is 4.84. The van der Waals surface area contributed by atoms with E-state index < -0.39 is 0 Å². The van der Waals surface area contributed by atoms with Crippen LogP contribution in [0.3, 0.4) is 0 Å². The Kier molecular flexibility index (Phi) is 5.93. The molecule has 6 nitrogen and oxygen atoms in total. The van der Waals surface area contributed by atoms with E-state index in [1.54, 1.807) is 7.11 Å². The minimum Gasteiger partial charge on any atom is -0.496 e. The zero-order chi connectivity index (χ0) is 16.8. The molecule has 2 heterocycles. The van der Waals surface area contributed by atoms with Gasteiger partial charge in [0.2, 0.25) is 0 Å². The van der Waals surface area contributed by atoms with Crippen LogP contribution in [0.1, 0.15) is 24.4 Å². The van der Waals surface area contributed by atoms with Gasteiger partial charge >= 0.3 is 0 Å². The van der Waals surface area contributed by atoms with Crippen molar-refractivity contribution in [2.75, 3.05) is 53.0 Å². The van der Waals surface area contributed by atoms with Gasteiger partial charge in [-0.15, -0.1) is 0 Å². The summed E-state index contributed by atoms with van der Waals surface area (Å²) < 4.78 is 11.0. The average Bonchev–Trinajstić information content (AvgIpc) is 3.17. The van der Waals surface area contributed by atoms with E-state index in [2.05, 4.69) is 21.9 Å². The Morgan fingerprint density at radius 2 is 1.92 bits per heavy atom. The van der Waals surface area contributed by atoms with Crippen molar-refractivity contribution in [2.45, 2.75) is 18.9 Å². The van der Waals surface area contributed by atoms with Crippen molar-refractivity contribution in [1.82, 2.24) is 9.80 Å². The third-order valence-electron chi connectivity index (χ3n) is 4.84. The predicted octanol–water partition coefficient (Wildman–Crippen LogP) is 1.48. The topological polar surface area (TPSA) is 63.3 Å². The molecule has 24 heavy (non-hydrogen) atoms. The number of nitrogens with two attached hydrogens (primary N) is 1. The highest BCUT2D eigenvalue weighted by Gasteiger charge is 2.26. The molecule has 2 fully saturated rings. The molecule has 1 aromatic carbocycles. The lowest BCUT2D eigenvalue weighted by atomic mass is 10.0. The molecule has 0 amide bonds. The van der Waals surface area contributed by atoms with Crippen molar-refractivity contribution in [2.24, 2.45) is 10.7 Å². The van der Waals surface area contributed by atoms with Crippen molar-refractivity contribution in [3.05, 3.63) is 29.8 Å². The molecule has 6 heteroatoms. The van der Waals surface area contributed by atoms with Gasteiger partial charge in [-0.05, 0) is 32.0 Å². The van der Waals surface area contributed by atoms with Crippen LogP contribution in [0.2, 0.25) is 0 Å². The van der Waals surface area contributed by atoms with Crippen molar-refractivity contribution >= 4 is 5.96 Å². The van der Waals surface area contributed by atoms with E-state index in [4.69, 9.17) is 20.2 Å². The molecular weight excluding hydrogens is 304 g/mol. The molecule has 1 unspecified atom stereocenters. The van der Waals surface area contributed by atoms with E-state index in [1.165, 1.54) is 18.4 Å². The van der Waals surface area contributed by atoms with Crippen LogP contribution in [0.25, 0.3) is 0 Å². The Morgan fingerprint density at radius 3 is 2.62 bits per heavy atom. The Labute approximate surface area is 144 Å². The Balaban J connectivity index is 1.77. The maximum absolute atomic E-state index is 6.21. The fourth-order valence-electron chi connectivity index (χ4n) is 3.48. The number of hydrogen-bond acceptors (Lipinski definition) is 4. The molecule has 0 bridgehead atoms. The largest absolute Gasteiger partial charge is 0.496 e. The van der Waals surface area contributed by atoms with E-state index in [1.807, 2.05) is 12.1 Å². The predicted molar refractivity (Wildman–Crippen MR) is 95.4 cm³/mol. The number of likely N-dealkylation sites (tertiary alicyclic amines) is 1. The second kappa shape index (κ2) is 8.35. The third kappa shape index (κ3) is 3.99. The van der Waals surface area contributed by atoms with E-state index in [0.717, 1.165) is 45.1 Å². The van der Waals surface area contributed by atoms with Gasteiger partial charge in [0.25, 0.3) is 0 Å². The summed E-state index contributed by atoms with van der Waals surface area (Å²) in [7, 11) is 1.73. The molecule has 2 aliphatic rings. The van der Waals surface area contributed by atoms with Crippen molar-refractivity contribution < 1.29 is 9.47 Å². The van der Waals surface area contributed by atoms with Crippen LogP contribution >= 0.6 is 0 Å². The number of aliphatic imine (C=N–C) groups is 1. The molecule has 1 aromatic rings. The second-order valence-electron chi connectivity index (χ2n) is 6.30. The van der Waals surface area contributed by atoms with Gasteiger partial charge in [0.1, 0.15) is 5.75 Å². The fraction of sp³-hybridized carbons (Fsp3) is 0.611. The van der Waals surface area contributed by atoms with Gasteiger partial charge in [-0.2, -0.15) is 0 Å². The summed E-state index contributed by atoms with van der Waals surface area (Å²) >= 11 is 0. The standard InChI is InChI=1S/C18H28N4O2/c1-23-17-7-3-2-6-15(17)16(21-8-4-5-9-21)14-20-18(19)22-10-12-24-13-11-22/h2-3,6-7,16H,4-5,8-14H2,1H3,(H2,19,20). The second-order valence-corrected chi connectivity index (χ2v) is 6.30. The fourth-order valence-corrected chi connectivity index (χ4v) is 3.48. The first-order valence-corrected chi connectivity index (χ1v) is 8.79. The zero-order valence-corrected chi connectivity index (χ0v) is 14.5. The summed E-state index contributed by atoms with van der Waals surface area (Å²) in [5.41, 5.74) is 7.41. The number of methoxy groups -OCH3 is 1. The van der Waals surface area contributed by atoms with Crippen molar-refractivity contribution in [3.63, 3.8) is 0 Å². The van der Waals surface area contributed by atoms with Crippen molar-refractivity contribution in [3.8, 4) is 5.75 Å². The number of morpholine rings is 1. The van der Waals surface area contributed by atoms with Gasteiger partial charge in [0.05, 0.1) is 32.9 Å². The van der Waals surface area contributed by atoms with E-state index >= 15 is 0 Å². The molecule has 0 spiro atoms. The van der Waals surface area contributed by atoms with Gasteiger partial charge in [-0.3, -0.25) is 9.89 Å². The molecular formula is C18H28N4O2. The molecule has 1 atom stereocenters. The van der Waals surface area contributed by atoms with Crippen LogP contribution < -0.4 is 10.5 Å². The minimum atomic E-state index is 0.211. The Morgan fingerprint density at radius 1 is 1.21 bits per heavy atom. The lowest BCUT2D eigenvalue weighted by Gasteiger charge is -2.30. The van der Waals surface area contributed by atoms with Crippen LogP contribution in [0, 0.1) is 0 Å².